The van der Waals surface area contributed by atoms with Gasteiger partial charge in [-0.15, -0.1) is 0 Å². The number of nitrogens with zero attached hydrogens (tertiary/aromatic N) is 1. The minimum Gasteiger partial charge on any atom is -0.495 e. The number of hydrazone groups is 1. The van der Waals surface area contributed by atoms with E-state index in [1.165, 1.54) is 13.3 Å². The van der Waals surface area contributed by atoms with Crippen molar-refractivity contribution in [1.29, 1.82) is 0 Å². The van der Waals surface area contributed by atoms with Gasteiger partial charge in [0.1, 0.15) is 29.2 Å². The first kappa shape index (κ1) is 20.9. The zero-order chi connectivity index (χ0) is 20.8. The molecule has 2 aromatic rings. The van der Waals surface area contributed by atoms with Gasteiger partial charge in [-0.25, -0.2) is 5.43 Å². The molecule has 0 radical (unpaired) electrons. The Morgan fingerprint density at radius 1 is 1.10 bits per heavy atom. The maximum atomic E-state index is 12.6. The molecule has 0 bridgehead atoms. The highest BCUT2D eigenvalue weighted by atomic mass is 79.9. The van der Waals surface area contributed by atoms with Crippen molar-refractivity contribution in [3.8, 4) is 23.0 Å². The molecule has 1 unspecified atom stereocenters. The molecule has 9 heteroatoms. The number of methoxy groups -OCH3 is 3. The summed E-state index contributed by atoms with van der Waals surface area (Å²) >= 11 is 3.41. The highest BCUT2D eigenvalue weighted by Crippen LogP contribution is 2.35. The lowest BCUT2D eigenvalue weighted by Gasteiger charge is -2.20. The van der Waals surface area contributed by atoms with Gasteiger partial charge in [-0.1, -0.05) is 6.07 Å². The molecule has 0 spiro atoms. The maximum Gasteiger partial charge on any atom is 0.273 e. The molecule has 3 rings (SSSR count). The number of hydrogen-bond acceptors (Lipinski definition) is 7. The number of benzene rings is 2. The van der Waals surface area contributed by atoms with Crippen molar-refractivity contribution in [1.82, 2.24) is 5.43 Å². The Morgan fingerprint density at radius 3 is 2.38 bits per heavy atom. The van der Waals surface area contributed by atoms with Crippen LogP contribution >= 0.6 is 15.9 Å². The van der Waals surface area contributed by atoms with Gasteiger partial charge in [-0.3, -0.25) is 4.79 Å². The first-order valence-corrected chi connectivity index (χ1v) is 9.53. The number of halogens is 1. The van der Waals surface area contributed by atoms with E-state index in [-0.39, 0.29) is 0 Å². The van der Waals surface area contributed by atoms with E-state index in [9.17, 15) is 4.79 Å². The van der Waals surface area contributed by atoms with Gasteiger partial charge in [-0.2, -0.15) is 5.10 Å². The first-order valence-electron chi connectivity index (χ1n) is 8.74. The number of carbonyl (C=O) groups is 1. The fourth-order valence-corrected chi connectivity index (χ4v) is 3.36. The van der Waals surface area contributed by atoms with Crippen LogP contribution in [0.3, 0.4) is 0 Å². The van der Waals surface area contributed by atoms with Crippen LogP contribution in [0, 0.1) is 0 Å². The summed E-state index contributed by atoms with van der Waals surface area (Å²) in [7, 11) is 4.56. The van der Waals surface area contributed by atoms with Crippen LogP contribution < -0.4 is 24.4 Å². The summed E-state index contributed by atoms with van der Waals surface area (Å²) in [5.41, 5.74) is 3.82. The lowest BCUT2D eigenvalue weighted by molar-refractivity contribution is -0.131. The molecule has 2 aromatic carbocycles. The van der Waals surface area contributed by atoms with Crippen molar-refractivity contribution in [3.05, 3.63) is 45.9 Å². The maximum absolute atomic E-state index is 12.6. The molecular formula is C20H21BrN2O6. The van der Waals surface area contributed by atoms with Gasteiger partial charge in [0.15, 0.2) is 17.6 Å². The number of fused-ring (bicyclic) bond motifs is 1. The molecule has 0 aliphatic carbocycles. The van der Waals surface area contributed by atoms with Gasteiger partial charge in [0.2, 0.25) is 0 Å². The summed E-state index contributed by atoms with van der Waals surface area (Å²) < 4.78 is 27.7. The molecule has 1 N–H and O–H groups in total. The zero-order valence-electron chi connectivity index (χ0n) is 16.2. The van der Waals surface area contributed by atoms with Crippen LogP contribution in [0.1, 0.15) is 17.2 Å². The predicted molar refractivity (Wildman–Crippen MR) is 110 cm³/mol. The van der Waals surface area contributed by atoms with Crippen molar-refractivity contribution in [2.45, 2.75) is 6.10 Å². The number of carbonyl (C=O) groups excluding carboxylic acids is 1. The minimum atomic E-state index is -0.850. The van der Waals surface area contributed by atoms with Gasteiger partial charge in [-0.05, 0) is 45.8 Å². The Labute approximate surface area is 176 Å². The normalized spacial score (nSPS) is 13.8. The van der Waals surface area contributed by atoms with E-state index < -0.39 is 12.0 Å². The second-order valence-corrected chi connectivity index (χ2v) is 6.79. The first-order chi connectivity index (χ1) is 14.1. The molecule has 1 aliphatic heterocycles. The Bertz CT molecular complexity index is 893. The summed E-state index contributed by atoms with van der Waals surface area (Å²) in [5, 5.41) is 4.02. The number of rotatable bonds is 7. The summed E-state index contributed by atoms with van der Waals surface area (Å²) in [4.78, 5) is 12.6. The summed E-state index contributed by atoms with van der Waals surface area (Å²) in [5.74, 6) is 1.98. The van der Waals surface area contributed by atoms with Crippen molar-refractivity contribution in [2.24, 2.45) is 5.10 Å². The van der Waals surface area contributed by atoms with Crippen molar-refractivity contribution < 1.29 is 28.5 Å². The molecule has 0 saturated carbocycles. The Balaban J connectivity index is 1.72. The highest BCUT2D eigenvalue weighted by molar-refractivity contribution is 9.10. The molecule has 1 aliphatic rings. The lowest BCUT2D eigenvalue weighted by atomic mass is 10.1. The van der Waals surface area contributed by atoms with Gasteiger partial charge in [0.25, 0.3) is 5.91 Å². The largest absolute Gasteiger partial charge is 0.495 e. The zero-order valence-corrected chi connectivity index (χ0v) is 17.8. The molecule has 1 heterocycles. The molecule has 0 fully saturated rings. The second kappa shape index (κ2) is 9.62. The fraction of sp³-hybridized carbons (Fsp3) is 0.300. The molecule has 0 aromatic heterocycles. The third kappa shape index (κ3) is 4.80. The van der Waals surface area contributed by atoms with Crippen LogP contribution in [0.15, 0.2) is 39.9 Å². The van der Waals surface area contributed by atoms with Crippen LogP contribution in [0.25, 0.3) is 0 Å². The SMILES string of the molecule is COc1cc(/C=N/NC(=O)C(OC)c2ccc3c(c2)OCCO3)cc(OC)c1Br. The third-order valence-electron chi connectivity index (χ3n) is 4.20. The lowest BCUT2D eigenvalue weighted by Crippen LogP contribution is -2.27. The minimum absolute atomic E-state index is 0.420. The Hall–Kier alpha value is -2.78. The average Bonchev–Trinajstić information content (AvgIpc) is 2.75. The van der Waals surface area contributed by atoms with E-state index in [1.807, 2.05) is 0 Å². The molecular weight excluding hydrogens is 444 g/mol. The summed E-state index contributed by atoms with van der Waals surface area (Å²) in [6.45, 7) is 0.964. The van der Waals surface area contributed by atoms with Crippen molar-refractivity contribution in [2.75, 3.05) is 34.5 Å². The summed E-state index contributed by atoms with van der Waals surface area (Å²) in [6.07, 6.45) is 0.642. The van der Waals surface area contributed by atoms with Crippen LogP contribution in [0.2, 0.25) is 0 Å². The predicted octanol–water partition coefficient (Wildman–Crippen LogP) is 3.08. The van der Waals surface area contributed by atoms with Crippen LogP contribution in [-0.2, 0) is 9.53 Å². The number of amides is 1. The van der Waals surface area contributed by atoms with Crippen LogP contribution in [-0.4, -0.2) is 46.7 Å². The van der Waals surface area contributed by atoms with E-state index in [2.05, 4.69) is 26.5 Å². The monoisotopic (exact) mass is 464 g/mol. The van der Waals surface area contributed by atoms with Gasteiger partial charge in [0.05, 0.1) is 20.4 Å². The van der Waals surface area contributed by atoms with Gasteiger partial charge >= 0.3 is 0 Å². The van der Waals surface area contributed by atoms with E-state index >= 15 is 0 Å². The number of ether oxygens (including phenoxy) is 5. The quantitative estimate of drug-likeness (QED) is 0.500. The van der Waals surface area contributed by atoms with E-state index in [4.69, 9.17) is 23.7 Å². The Morgan fingerprint density at radius 2 is 1.76 bits per heavy atom. The molecule has 1 amide bonds. The standard InChI is InChI=1S/C20H21BrN2O6/c1-25-16-8-12(9-17(26-2)18(16)21)11-22-23-20(24)19(27-3)13-4-5-14-15(10-13)29-7-6-28-14/h4-5,8-11,19H,6-7H2,1-3H3,(H,23,24)/b22-11+. The van der Waals surface area contributed by atoms with Crippen LogP contribution in [0.4, 0.5) is 0 Å². The van der Waals surface area contributed by atoms with Crippen molar-refractivity contribution >= 4 is 28.1 Å². The molecule has 1 atom stereocenters. The van der Waals surface area contributed by atoms with Gasteiger partial charge in [0, 0.05) is 12.7 Å². The van der Waals surface area contributed by atoms with Crippen molar-refractivity contribution in [3.63, 3.8) is 0 Å². The molecule has 154 valence electrons. The van der Waals surface area contributed by atoms with E-state index in [1.54, 1.807) is 44.6 Å². The average molecular weight is 465 g/mol. The van der Waals surface area contributed by atoms with E-state index in [0.717, 1.165) is 0 Å². The molecule has 0 saturated heterocycles. The van der Waals surface area contributed by atoms with Crippen LogP contribution in [0.5, 0.6) is 23.0 Å². The summed E-state index contributed by atoms with van der Waals surface area (Å²) in [6, 6.07) is 8.77. The Kier molecular flexibility index (Phi) is 6.95. The molecule has 8 nitrogen and oxygen atoms in total. The molecule has 29 heavy (non-hydrogen) atoms. The topological polar surface area (TPSA) is 87.6 Å². The van der Waals surface area contributed by atoms with Gasteiger partial charge < -0.3 is 23.7 Å². The van der Waals surface area contributed by atoms with E-state index in [0.29, 0.717) is 51.8 Å². The second-order valence-electron chi connectivity index (χ2n) is 5.99. The smallest absolute Gasteiger partial charge is 0.273 e. The number of hydrogen-bond donors (Lipinski definition) is 1. The number of nitrogens with one attached hydrogen (secondary N) is 1. The highest BCUT2D eigenvalue weighted by Gasteiger charge is 2.22. The fourth-order valence-electron chi connectivity index (χ4n) is 2.81. The third-order valence-corrected chi connectivity index (χ3v) is 4.98.